The predicted molar refractivity (Wildman–Crippen MR) is 94.6 cm³/mol. The van der Waals surface area contributed by atoms with Crippen molar-refractivity contribution in [3.05, 3.63) is 36.2 Å². The molecule has 0 unspecified atom stereocenters. The van der Waals surface area contributed by atoms with Crippen LogP contribution < -0.4 is 5.73 Å². The highest BCUT2D eigenvalue weighted by Crippen LogP contribution is 2.36. The van der Waals surface area contributed by atoms with Crippen LogP contribution in [0.4, 0.5) is 19.0 Å². The van der Waals surface area contributed by atoms with E-state index in [-0.39, 0.29) is 17.2 Å². The highest BCUT2D eigenvalue weighted by atomic mass is 19.4. The molecule has 9 heteroatoms. The first-order chi connectivity index (χ1) is 12.3. The maximum atomic E-state index is 12.6. The maximum absolute atomic E-state index is 12.6. The fourth-order valence-corrected chi connectivity index (χ4v) is 1.94. The van der Waals surface area contributed by atoms with E-state index >= 15 is 0 Å². The second kappa shape index (κ2) is 9.02. The molecule has 0 aliphatic heterocycles. The van der Waals surface area contributed by atoms with Gasteiger partial charge >= 0.3 is 6.18 Å². The zero-order chi connectivity index (χ0) is 19.9. The lowest BCUT2D eigenvalue weighted by Gasteiger charge is -2.10. The molecule has 2 aromatic heterocycles. The van der Waals surface area contributed by atoms with Gasteiger partial charge in [0.15, 0.2) is 17.3 Å². The molecule has 26 heavy (non-hydrogen) atoms. The Labute approximate surface area is 149 Å². The predicted octanol–water partition coefficient (Wildman–Crippen LogP) is 4.54. The third-order valence-electron chi connectivity index (χ3n) is 2.92. The van der Waals surface area contributed by atoms with Crippen LogP contribution in [0.5, 0.6) is 5.75 Å². The normalized spacial score (nSPS) is 10.6. The molecule has 0 bridgehead atoms. The molecule has 0 fully saturated rings. The molecule has 0 saturated heterocycles. The van der Waals surface area contributed by atoms with E-state index in [0.717, 1.165) is 12.1 Å². The molecular formula is C17H22F3N5O. The monoisotopic (exact) mass is 369 g/mol. The Balaban J connectivity index is 0.000000615. The van der Waals surface area contributed by atoms with Gasteiger partial charge in [0, 0.05) is 12.4 Å². The summed E-state index contributed by atoms with van der Waals surface area (Å²) in [6, 6.07) is 2.61. The molecule has 142 valence electrons. The van der Waals surface area contributed by atoms with Crippen LogP contribution in [-0.4, -0.2) is 24.7 Å². The highest BCUT2D eigenvalue weighted by Gasteiger charge is 2.31. The molecule has 3 rings (SSSR count). The Morgan fingerprint density at radius 3 is 2.31 bits per heavy atom. The number of rotatable bonds is 1. The number of benzene rings is 1. The number of hydrogen-bond donors (Lipinski definition) is 2. The standard InChI is InChI=1S/C12H8F3N5O.C3H8.C2H6/c13-12(14,15)6-1-2-7(8(21)5-6)10-19-18-9(16)11-17-3-4-20(10)11;1-3-2;1-2/h1-5,21H,(H2,16,18);3H2,1-2H3;1-2H3. The van der Waals surface area contributed by atoms with Gasteiger partial charge in [-0.05, 0) is 18.2 Å². The first-order valence-electron chi connectivity index (χ1n) is 8.15. The van der Waals surface area contributed by atoms with E-state index in [9.17, 15) is 18.3 Å². The van der Waals surface area contributed by atoms with Crippen LogP contribution in [0.1, 0.15) is 39.7 Å². The number of phenols is 1. The Bertz CT molecular complexity index is 846. The van der Waals surface area contributed by atoms with Crippen molar-refractivity contribution in [2.75, 3.05) is 5.73 Å². The van der Waals surface area contributed by atoms with Crippen molar-refractivity contribution in [2.45, 2.75) is 40.3 Å². The highest BCUT2D eigenvalue weighted by molar-refractivity contribution is 5.70. The SMILES string of the molecule is CC.CCC.Nc1nnc(-c2ccc(C(F)(F)F)cc2O)n2ccnc12. The summed E-state index contributed by atoms with van der Waals surface area (Å²) >= 11 is 0. The number of aromatic nitrogens is 4. The van der Waals surface area contributed by atoms with Gasteiger partial charge < -0.3 is 10.8 Å². The minimum Gasteiger partial charge on any atom is -0.507 e. The first kappa shape index (κ1) is 21.2. The van der Waals surface area contributed by atoms with Crippen LogP contribution in [0, 0.1) is 0 Å². The van der Waals surface area contributed by atoms with Gasteiger partial charge in [-0.2, -0.15) is 13.2 Å². The van der Waals surface area contributed by atoms with Crippen molar-refractivity contribution in [1.82, 2.24) is 19.6 Å². The van der Waals surface area contributed by atoms with Crippen molar-refractivity contribution in [1.29, 1.82) is 0 Å². The van der Waals surface area contributed by atoms with Crippen LogP contribution in [0.2, 0.25) is 0 Å². The average molecular weight is 369 g/mol. The Kier molecular flexibility index (Phi) is 7.36. The van der Waals surface area contributed by atoms with E-state index in [2.05, 4.69) is 29.0 Å². The number of nitrogen functional groups attached to an aromatic ring is 1. The average Bonchev–Trinajstić information content (AvgIpc) is 3.08. The molecule has 0 spiro atoms. The summed E-state index contributed by atoms with van der Waals surface area (Å²) in [7, 11) is 0. The number of halogens is 3. The molecule has 0 radical (unpaired) electrons. The van der Waals surface area contributed by atoms with Gasteiger partial charge in [0.1, 0.15) is 5.75 Å². The largest absolute Gasteiger partial charge is 0.507 e. The van der Waals surface area contributed by atoms with Gasteiger partial charge in [-0.25, -0.2) is 4.98 Å². The summed E-state index contributed by atoms with van der Waals surface area (Å²) in [5.41, 5.74) is 5.05. The lowest BCUT2D eigenvalue weighted by atomic mass is 10.1. The van der Waals surface area contributed by atoms with Gasteiger partial charge in [0.2, 0.25) is 0 Å². The zero-order valence-corrected chi connectivity index (χ0v) is 15.0. The Hall–Kier alpha value is -2.84. The fraction of sp³-hybridized carbons (Fsp3) is 0.353. The number of nitrogens with two attached hydrogens (primary N) is 1. The smallest absolute Gasteiger partial charge is 0.416 e. The van der Waals surface area contributed by atoms with Crippen molar-refractivity contribution in [2.24, 2.45) is 0 Å². The van der Waals surface area contributed by atoms with Gasteiger partial charge in [0.05, 0.1) is 11.1 Å². The van der Waals surface area contributed by atoms with Crippen molar-refractivity contribution < 1.29 is 18.3 Å². The molecule has 0 aliphatic carbocycles. The van der Waals surface area contributed by atoms with Gasteiger partial charge in [-0.1, -0.05) is 34.1 Å². The molecule has 0 saturated carbocycles. The van der Waals surface area contributed by atoms with Gasteiger partial charge in [-0.15, -0.1) is 10.2 Å². The van der Waals surface area contributed by atoms with Crippen LogP contribution >= 0.6 is 0 Å². The summed E-state index contributed by atoms with van der Waals surface area (Å²) in [5, 5.41) is 17.3. The second-order valence-electron chi connectivity index (χ2n) is 4.97. The van der Waals surface area contributed by atoms with Gasteiger partial charge in [-0.3, -0.25) is 4.40 Å². The van der Waals surface area contributed by atoms with E-state index in [4.69, 9.17) is 5.73 Å². The van der Waals surface area contributed by atoms with E-state index < -0.39 is 17.5 Å². The minimum atomic E-state index is -4.53. The quantitative estimate of drug-likeness (QED) is 0.657. The molecular weight excluding hydrogens is 347 g/mol. The number of hydrogen-bond acceptors (Lipinski definition) is 5. The number of imidazole rings is 1. The number of phenolic OH excluding ortho intramolecular Hbond substituents is 1. The number of alkyl halides is 3. The van der Waals surface area contributed by atoms with E-state index in [1.165, 1.54) is 23.2 Å². The van der Waals surface area contributed by atoms with Crippen LogP contribution in [0.15, 0.2) is 30.6 Å². The molecule has 0 atom stereocenters. The minimum absolute atomic E-state index is 0.0788. The van der Waals surface area contributed by atoms with E-state index in [1.807, 2.05) is 13.8 Å². The summed E-state index contributed by atoms with van der Waals surface area (Å²) in [6.07, 6.45) is -0.320. The lowest BCUT2D eigenvalue weighted by Crippen LogP contribution is -2.06. The molecule has 0 aliphatic rings. The van der Waals surface area contributed by atoms with E-state index in [0.29, 0.717) is 11.7 Å². The summed E-state index contributed by atoms with van der Waals surface area (Å²) in [6.45, 7) is 8.25. The van der Waals surface area contributed by atoms with Crippen molar-refractivity contribution >= 4 is 11.5 Å². The summed E-state index contributed by atoms with van der Waals surface area (Å²) in [5.74, 6) is -0.336. The van der Waals surface area contributed by atoms with Crippen LogP contribution in [0.3, 0.4) is 0 Å². The number of anilines is 1. The lowest BCUT2D eigenvalue weighted by molar-refractivity contribution is -0.137. The van der Waals surface area contributed by atoms with Crippen molar-refractivity contribution in [3.8, 4) is 17.1 Å². The maximum Gasteiger partial charge on any atom is 0.416 e. The first-order valence-corrected chi connectivity index (χ1v) is 8.15. The second-order valence-corrected chi connectivity index (χ2v) is 4.97. The molecule has 2 heterocycles. The molecule has 3 aromatic rings. The third kappa shape index (κ3) is 4.62. The number of nitrogens with zero attached hydrogens (tertiary/aromatic N) is 4. The van der Waals surface area contributed by atoms with Gasteiger partial charge in [0.25, 0.3) is 0 Å². The summed E-state index contributed by atoms with van der Waals surface area (Å²) < 4.78 is 39.2. The molecule has 1 aromatic carbocycles. The fourth-order valence-electron chi connectivity index (χ4n) is 1.94. The zero-order valence-electron chi connectivity index (χ0n) is 15.0. The van der Waals surface area contributed by atoms with Crippen LogP contribution in [0.25, 0.3) is 17.0 Å². The molecule has 0 amide bonds. The topological polar surface area (TPSA) is 89.3 Å². The number of aromatic hydroxyl groups is 1. The third-order valence-corrected chi connectivity index (χ3v) is 2.92. The molecule has 3 N–H and O–H groups in total. The van der Waals surface area contributed by atoms with Crippen LogP contribution in [-0.2, 0) is 6.18 Å². The Morgan fingerprint density at radius 2 is 1.77 bits per heavy atom. The van der Waals surface area contributed by atoms with E-state index in [1.54, 1.807) is 0 Å². The Morgan fingerprint density at radius 1 is 1.15 bits per heavy atom. The van der Waals surface area contributed by atoms with Crippen molar-refractivity contribution in [3.63, 3.8) is 0 Å². The molecule has 6 nitrogen and oxygen atoms in total. The number of fused-ring (bicyclic) bond motifs is 1. The summed E-state index contributed by atoms with van der Waals surface area (Å²) in [4.78, 5) is 3.96.